The van der Waals surface area contributed by atoms with E-state index in [1.165, 1.54) is 0 Å². The highest BCUT2D eigenvalue weighted by molar-refractivity contribution is 6.35. The molecule has 1 aromatic carbocycles. The third kappa shape index (κ3) is 4.95. The van der Waals surface area contributed by atoms with Crippen molar-refractivity contribution in [1.82, 2.24) is 15.2 Å². The van der Waals surface area contributed by atoms with Crippen LogP contribution in [0.15, 0.2) is 36.5 Å². The third-order valence-electron chi connectivity index (χ3n) is 5.61. The standard InChI is InChI=1S/C22H24Cl2N4O3/c23-16-5-6-18(24)17(13-16)22(30)28-8-2-4-19(28)21(29)26-14-15-3-1-7-25-20(15)27-9-11-31-12-10-27/h1,3,5-7,13,19H,2,4,8-12,14H2,(H,26,29). The highest BCUT2D eigenvalue weighted by Gasteiger charge is 2.35. The smallest absolute Gasteiger partial charge is 0.256 e. The van der Waals surface area contributed by atoms with Gasteiger partial charge in [-0.3, -0.25) is 9.59 Å². The molecule has 0 bridgehead atoms. The molecule has 1 unspecified atom stereocenters. The number of nitrogens with one attached hydrogen (secondary N) is 1. The van der Waals surface area contributed by atoms with Crippen LogP contribution in [-0.2, 0) is 16.1 Å². The van der Waals surface area contributed by atoms with Gasteiger partial charge in [-0.05, 0) is 37.1 Å². The Kier molecular flexibility index (Phi) is 6.95. The van der Waals surface area contributed by atoms with E-state index in [-0.39, 0.29) is 11.8 Å². The summed E-state index contributed by atoms with van der Waals surface area (Å²) in [7, 11) is 0. The van der Waals surface area contributed by atoms with E-state index in [0.29, 0.717) is 48.3 Å². The first kappa shape index (κ1) is 21.9. The van der Waals surface area contributed by atoms with Gasteiger partial charge in [-0.2, -0.15) is 0 Å². The summed E-state index contributed by atoms with van der Waals surface area (Å²) in [6.07, 6.45) is 3.12. The van der Waals surface area contributed by atoms with Gasteiger partial charge in [0.2, 0.25) is 5.91 Å². The van der Waals surface area contributed by atoms with E-state index in [1.807, 2.05) is 12.1 Å². The first-order chi connectivity index (χ1) is 15.0. The molecule has 2 saturated heterocycles. The van der Waals surface area contributed by atoms with Gasteiger partial charge < -0.3 is 19.9 Å². The molecule has 164 valence electrons. The molecule has 1 aromatic heterocycles. The molecule has 7 nitrogen and oxygen atoms in total. The zero-order chi connectivity index (χ0) is 21.8. The minimum atomic E-state index is -0.536. The molecule has 2 fully saturated rings. The summed E-state index contributed by atoms with van der Waals surface area (Å²) in [4.78, 5) is 34.3. The number of anilines is 1. The van der Waals surface area contributed by atoms with Gasteiger partial charge >= 0.3 is 0 Å². The van der Waals surface area contributed by atoms with E-state index in [2.05, 4.69) is 15.2 Å². The fourth-order valence-corrected chi connectivity index (χ4v) is 4.40. The maximum atomic E-state index is 13.0. The minimum Gasteiger partial charge on any atom is -0.378 e. The topological polar surface area (TPSA) is 74.8 Å². The van der Waals surface area contributed by atoms with Crippen LogP contribution in [0.1, 0.15) is 28.8 Å². The number of amides is 2. The van der Waals surface area contributed by atoms with Crippen LogP contribution in [0.25, 0.3) is 0 Å². The molecule has 2 aliphatic rings. The Balaban J connectivity index is 1.44. The van der Waals surface area contributed by atoms with Gasteiger partial charge in [0, 0.05) is 43.0 Å². The lowest BCUT2D eigenvalue weighted by atomic mass is 10.1. The SMILES string of the molecule is O=C(NCc1cccnc1N1CCOCC1)C1CCCN1C(=O)c1cc(Cl)ccc1Cl. The Morgan fingerprint density at radius 3 is 2.77 bits per heavy atom. The number of likely N-dealkylation sites (tertiary alicyclic amines) is 1. The molecule has 0 spiro atoms. The molecule has 2 aliphatic heterocycles. The number of hydrogen-bond donors (Lipinski definition) is 1. The molecule has 0 radical (unpaired) electrons. The predicted octanol–water partition coefficient (Wildman–Crippen LogP) is 3.15. The first-order valence-electron chi connectivity index (χ1n) is 10.3. The summed E-state index contributed by atoms with van der Waals surface area (Å²) in [5, 5.41) is 3.75. The lowest BCUT2D eigenvalue weighted by Gasteiger charge is -2.29. The van der Waals surface area contributed by atoms with Crippen molar-refractivity contribution in [2.45, 2.75) is 25.4 Å². The van der Waals surface area contributed by atoms with E-state index in [4.69, 9.17) is 27.9 Å². The number of pyridine rings is 1. The van der Waals surface area contributed by atoms with E-state index >= 15 is 0 Å². The van der Waals surface area contributed by atoms with Crippen molar-refractivity contribution in [2.24, 2.45) is 0 Å². The third-order valence-corrected chi connectivity index (χ3v) is 6.17. The van der Waals surface area contributed by atoms with E-state index in [0.717, 1.165) is 30.9 Å². The van der Waals surface area contributed by atoms with Crippen molar-refractivity contribution in [1.29, 1.82) is 0 Å². The molecule has 0 saturated carbocycles. The predicted molar refractivity (Wildman–Crippen MR) is 120 cm³/mol. The van der Waals surface area contributed by atoms with Gasteiger partial charge in [-0.25, -0.2) is 4.98 Å². The van der Waals surface area contributed by atoms with Gasteiger partial charge in [0.05, 0.1) is 23.8 Å². The maximum Gasteiger partial charge on any atom is 0.256 e. The number of benzene rings is 1. The molecule has 0 aliphatic carbocycles. The van der Waals surface area contributed by atoms with Gasteiger partial charge in [0.25, 0.3) is 5.91 Å². The fourth-order valence-electron chi connectivity index (χ4n) is 4.03. The first-order valence-corrected chi connectivity index (χ1v) is 11.1. The van der Waals surface area contributed by atoms with Crippen LogP contribution >= 0.6 is 23.2 Å². The summed E-state index contributed by atoms with van der Waals surface area (Å²) >= 11 is 12.2. The molecular weight excluding hydrogens is 439 g/mol. The van der Waals surface area contributed by atoms with Gasteiger partial charge in [-0.1, -0.05) is 29.3 Å². The molecule has 1 N–H and O–H groups in total. The molecule has 1 atom stereocenters. The van der Waals surface area contributed by atoms with Crippen molar-refractivity contribution in [2.75, 3.05) is 37.7 Å². The zero-order valence-corrected chi connectivity index (χ0v) is 18.5. The van der Waals surface area contributed by atoms with Crippen LogP contribution in [0.4, 0.5) is 5.82 Å². The molecule has 4 rings (SSSR count). The van der Waals surface area contributed by atoms with Gasteiger partial charge in [0.15, 0.2) is 0 Å². The molecule has 2 amide bonds. The second-order valence-electron chi connectivity index (χ2n) is 7.58. The van der Waals surface area contributed by atoms with Crippen molar-refractivity contribution < 1.29 is 14.3 Å². The lowest BCUT2D eigenvalue weighted by molar-refractivity contribution is -0.125. The maximum absolute atomic E-state index is 13.0. The number of carbonyl (C=O) groups excluding carboxylic acids is 2. The zero-order valence-electron chi connectivity index (χ0n) is 17.0. The summed E-state index contributed by atoms with van der Waals surface area (Å²) < 4.78 is 5.42. The van der Waals surface area contributed by atoms with Crippen molar-refractivity contribution in [3.05, 3.63) is 57.7 Å². The van der Waals surface area contributed by atoms with Crippen LogP contribution in [0.2, 0.25) is 10.0 Å². The number of ether oxygens (including phenoxy) is 1. The quantitative estimate of drug-likeness (QED) is 0.738. The van der Waals surface area contributed by atoms with E-state index in [9.17, 15) is 9.59 Å². The Morgan fingerprint density at radius 1 is 1.16 bits per heavy atom. The summed E-state index contributed by atoms with van der Waals surface area (Å²) in [6.45, 7) is 3.70. The van der Waals surface area contributed by atoms with Crippen LogP contribution in [0.5, 0.6) is 0 Å². The Labute approximate surface area is 191 Å². The minimum absolute atomic E-state index is 0.180. The second kappa shape index (κ2) is 9.85. The van der Waals surface area contributed by atoms with E-state index in [1.54, 1.807) is 29.3 Å². The lowest BCUT2D eigenvalue weighted by Crippen LogP contribution is -2.46. The average Bonchev–Trinajstić information content (AvgIpc) is 3.29. The largest absolute Gasteiger partial charge is 0.378 e. The highest BCUT2D eigenvalue weighted by atomic mass is 35.5. The summed E-state index contributed by atoms with van der Waals surface area (Å²) in [5.41, 5.74) is 1.25. The monoisotopic (exact) mass is 462 g/mol. The Morgan fingerprint density at radius 2 is 1.97 bits per heavy atom. The Bertz CT molecular complexity index is 966. The molecule has 3 heterocycles. The number of hydrogen-bond acceptors (Lipinski definition) is 5. The van der Waals surface area contributed by atoms with Crippen LogP contribution in [0, 0.1) is 0 Å². The van der Waals surface area contributed by atoms with Crippen molar-refractivity contribution >= 4 is 40.8 Å². The van der Waals surface area contributed by atoms with E-state index < -0.39 is 6.04 Å². The number of rotatable bonds is 5. The second-order valence-corrected chi connectivity index (χ2v) is 8.43. The number of halogens is 2. The molecular formula is C22H24Cl2N4O3. The molecule has 9 heteroatoms. The normalized spacial score (nSPS) is 18.8. The number of nitrogens with zero attached hydrogens (tertiary/aromatic N) is 3. The van der Waals surface area contributed by atoms with Crippen LogP contribution in [-0.4, -0.2) is 60.6 Å². The summed E-state index contributed by atoms with van der Waals surface area (Å²) in [6, 6.07) is 8.06. The van der Waals surface area contributed by atoms with Crippen LogP contribution in [0.3, 0.4) is 0 Å². The van der Waals surface area contributed by atoms with Crippen molar-refractivity contribution in [3.8, 4) is 0 Å². The summed E-state index contributed by atoms with van der Waals surface area (Å²) in [5.74, 6) is 0.400. The fraction of sp³-hybridized carbons (Fsp3) is 0.409. The van der Waals surface area contributed by atoms with Gasteiger partial charge in [-0.15, -0.1) is 0 Å². The molecule has 2 aromatic rings. The van der Waals surface area contributed by atoms with Crippen molar-refractivity contribution in [3.63, 3.8) is 0 Å². The van der Waals surface area contributed by atoms with Crippen LogP contribution < -0.4 is 10.2 Å². The molecule has 31 heavy (non-hydrogen) atoms. The Hall–Kier alpha value is -2.35. The highest BCUT2D eigenvalue weighted by Crippen LogP contribution is 2.26. The number of carbonyl (C=O) groups is 2. The van der Waals surface area contributed by atoms with Gasteiger partial charge in [0.1, 0.15) is 11.9 Å². The number of morpholine rings is 1. The number of aromatic nitrogens is 1. The average molecular weight is 463 g/mol.